The smallest absolute Gasteiger partial charge is 0.243 e. The zero-order chi connectivity index (χ0) is 17.1. The summed E-state index contributed by atoms with van der Waals surface area (Å²) in [5.41, 5.74) is 1.87. The zero-order valence-electron chi connectivity index (χ0n) is 14.3. The Morgan fingerprint density at radius 2 is 2.08 bits per heavy atom. The molecule has 0 spiro atoms. The van der Waals surface area contributed by atoms with Gasteiger partial charge in [-0.05, 0) is 43.9 Å². The lowest BCUT2D eigenvalue weighted by atomic mass is 10.1. The number of aryl methyl sites for hydroxylation is 1. The van der Waals surface area contributed by atoms with Crippen molar-refractivity contribution in [3.05, 3.63) is 30.1 Å². The molecule has 1 atom stereocenters. The van der Waals surface area contributed by atoms with Crippen molar-refractivity contribution in [3.63, 3.8) is 0 Å². The summed E-state index contributed by atoms with van der Waals surface area (Å²) in [6, 6.07) is 3.68. The van der Waals surface area contributed by atoms with E-state index in [0.29, 0.717) is 11.5 Å². The summed E-state index contributed by atoms with van der Waals surface area (Å²) in [5.74, 6) is 2.05. The molecule has 1 saturated heterocycles. The Morgan fingerprint density at radius 1 is 1.25 bits per heavy atom. The van der Waals surface area contributed by atoms with E-state index in [0.717, 1.165) is 42.8 Å². The van der Waals surface area contributed by atoms with Crippen LogP contribution in [0, 0.1) is 6.92 Å². The van der Waals surface area contributed by atoms with Crippen molar-refractivity contribution in [2.75, 3.05) is 20.8 Å². The van der Waals surface area contributed by atoms with E-state index in [1.54, 1.807) is 20.4 Å². The zero-order valence-corrected chi connectivity index (χ0v) is 14.3. The van der Waals surface area contributed by atoms with Crippen molar-refractivity contribution in [2.45, 2.75) is 32.2 Å². The quantitative estimate of drug-likeness (QED) is 0.937. The van der Waals surface area contributed by atoms with Crippen LogP contribution in [-0.2, 0) is 4.79 Å². The molecule has 0 bridgehead atoms. The lowest BCUT2D eigenvalue weighted by Crippen LogP contribution is -2.30. The number of rotatable bonds is 4. The lowest BCUT2D eigenvalue weighted by molar-refractivity contribution is -0.124. The third kappa shape index (κ3) is 2.96. The van der Waals surface area contributed by atoms with Gasteiger partial charge in [-0.25, -0.2) is 4.98 Å². The monoisotopic (exact) mass is 329 g/mol. The maximum Gasteiger partial charge on any atom is 0.243 e. The number of hydrogen-bond acceptors (Lipinski definition) is 4. The van der Waals surface area contributed by atoms with Gasteiger partial charge in [0.25, 0.3) is 0 Å². The molecule has 128 valence electrons. The number of methoxy groups -OCH3 is 2. The van der Waals surface area contributed by atoms with Crippen LogP contribution >= 0.6 is 0 Å². The fourth-order valence-electron chi connectivity index (χ4n) is 3.23. The van der Waals surface area contributed by atoms with E-state index in [1.807, 2.05) is 29.8 Å². The van der Waals surface area contributed by atoms with Crippen molar-refractivity contribution in [1.29, 1.82) is 0 Å². The number of hydrogen-bond donors (Lipinski definition) is 1. The Kier molecular flexibility index (Phi) is 4.74. The Hall–Kier alpha value is -2.50. The van der Waals surface area contributed by atoms with Crippen LogP contribution in [0.4, 0.5) is 0 Å². The van der Waals surface area contributed by atoms with Crippen LogP contribution in [0.1, 0.15) is 30.9 Å². The van der Waals surface area contributed by atoms with Crippen molar-refractivity contribution < 1.29 is 14.3 Å². The normalized spacial score (nSPS) is 18.0. The number of ether oxygens (including phenoxy) is 2. The molecule has 1 fully saturated rings. The second-order valence-electron chi connectivity index (χ2n) is 6.01. The molecule has 2 aromatic rings. The first-order valence-corrected chi connectivity index (χ1v) is 8.19. The number of imidazole rings is 1. The summed E-state index contributed by atoms with van der Waals surface area (Å²) in [6.07, 6.45) is 6.41. The summed E-state index contributed by atoms with van der Waals surface area (Å²) in [7, 11) is 3.23. The molecule has 6 nitrogen and oxygen atoms in total. The molecule has 0 saturated carbocycles. The number of amides is 1. The summed E-state index contributed by atoms with van der Waals surface area (Å²) in [6.45, 7) is 2.73. The van der Waals surface area contributed by atoms with Crippen molar-refractivity contribution in [2.24, 2.45) is 0 Å². The van der Waals surface area contributed by atoms with E-state index in [1.165, 1.54) is 0 Å². The first-order valence-electron chi connectivity index (χ1n) is 8.19. The Morgan fingerprint density at radius 3 is 2.83 bits per heavy atom. The van der Waals surface area contributed by atoms with Crippen LogP contribution in [0.25, 0.3) is 11.4 Å². The van der Waals surface area contributed by atoms with Gasteiger partial charge in [0.05, 0.1) is 19.8 Å². The molecule has 1 aliphatic rings. The number of carbonyl (C=O) groups is 1. The van der Waals surface area contributed by atoms with Crippen LogP contribution in [-0.4, -0.2) is 36.2 Å². The van der Waals surface area contributed by atoms with E-state index in [-0.39, 0.29) is 11.9 Å². The number of carbonyl (C=O) groups excluding carboxylic acids is 1. The maximum absolute atomic E-state index is 12.4. The van der Waals surface area contributed by atoms with Gasteiger partial charge in [0.15, 0.2) is 11.5 Å². The Balaban J connectivity index is 2.10. The molecule has 0 aliphatic carbocycles. The highest BCUT2D eigenvalue weighted by Crippen LogP contribution is 2.39. The molecular formula is C18H23N3O3. The molecule has 0 radical (unpaired) electrons. The number of aromatic nitrogens is 2. The van der Waals surface area contributed by atoms with Crippen molar-refractivity contribution in [1.82, 2.24) is 14.9 Å². The van der Waals surface area contributed by atoms with E-state index >= 15 is 0 Å². The molecule has 1 amide bonds. The molecule has 2 heterocycles. The highest BCUT2D eigenvalue weighted by atomic mass is 16.5. The molecule has 1 aromatic carbocycles. The summed E-state index contributed by atoms with van der Waals surface area (Å²) >= 11 is 0. The Labute approximate surface area is 141 Å². The molecule has 3 rings (SSSR count). The van der Waals surface area contributed by atoms with Crippen LogP contribution in [0.2, 0.25) is 0 Å². The molecule has 24 heavy (non-hydrogen) atoms. The number of nitrogens with one attached hydrogen (secondary N) is 1. The van der Waals surface area contributed by atoms with Gasteiger partial charge in [-0.15, -0.1) is 0 Å². The summed E-state index contributed by atoms with van der Waals surface area (Å²) in [4.78, 5) is 16.9. The van der Waals surface area contributed by atoms with Crippen molar-refractivity contribution >= 4 is 5.91 Å². The van der Waals surface area contributed by atoms with Gasteiger partial charge in [0, 0.05) is 18.9 Å². The van der Waals surface area contributed by atoms with E-state index in [4.69, 9.17) is 9.47 Å². The predicted octanol–water partition coefficient (Wildman–Crippen LogP) is 2.72. The Bertz CT molecular complexity index is 739. The second-order valence-corrected chi connectivity index (χ2v) is 6.01. The molecule has 6 heteroatoms. The van der Waals surface area contributed by atoms with Gasteiger partial charge in [-0.3, -0.25) is 4.79 Å². The van der Waals surface area contributed by atoms with Gasteiger partial charge < -0.3 is 19.4 Å². The fraction of sp³-hybridized carbons (Fsp3) is 0.444. The topological polar surface area (TPSA) is 65.4 Å². The van der Waals surface area contributed by atoms with Crippen LogP contribution < -0.4 is 14.8 Å². The van der Waals surface area contributed by atoms with E-state index in [2.05, 4.69) is 10.3 Å². The van der Waals surface area contributed by atoms with E-state index in [9.17, 15) is 4.79 Å². The highest BCUT2D eigenvalue weighted by molar-refractivity contribution is 5.82. The minimum absolute atomic E-state index is 0.0466. The van der Waals surface area contributed by atoms with Gasteiger partial charge in [-0.1, -0.05) is 0 Å². The fourth-order valence-corrected chi connectivity index (χ4v) is 3.23. The number of nitrogens with zero attached hydrogens (tertiary/aromatic N) is 2. The van der Waals surface area contributed by atoms with Gasteiger partial charge >= 0.3 is 0 Å². The van der Waals surface area contributed by atoms with Gasteiger partial charge in [-0.2, -0.15) is 0 Å². The third-order valence-corrected chi connectivity index (χ3v) is 4.37. The standard InChI is InChI=1S/C18H23N3O3/c1-12-10-13(16(24-3)15(11-12)23-2)17-19-8-9-21(17)14-6-4-5-7-20-18(14)22/h8-11,14H,4-7H2,1-3H3,(H,20,22). The first-order chi connectivity index (χ1) is 11.7. The maximum atomic E-state index is 12.4. The predicted molar refractivity (Wildman–Crippen MR) is 91.4 cm³/mol. The highest BCUT2D eigenvalue weighted by Gasteiger charge is 2.26. The van der Waals surface area contributed by atoms with Crippen LogP contribution in [0.5, 0.6) is 11.5 Å². The minimum atomic E-state index is -0.249. The van der Waals surface area contributed by atoms with Crippen molar-refractivity contribution in [3.8, 4) is 22.9 Å². The van der Waals surface area contributed by atoms with Crippen LogP contribution in [0.15, 0.2) is 24.5 Å². The molecule has 1 aliphatic heterocycles. The second kappa shape index (κ2) is 6.95. The molecule has 1 N–H and O–H groups in total. The first kappa shape index (κ1) is 16.4. The van der Waals surface area contributed by atoms with Crippen LogP contribution in [0.3, 0.4) is 0 Å². The summed E-state index contributed by atoms with van der Waals surface area (Å²) < 4.78 is 12.9. The van der Waals surface area contributed by atoms with Gasteiger partial charge in [0.2, 0.25) is 5.91 Å². The largest absolute Gasteiger partial charge is 0.493 e. The summed E-state index contributed by atoms with van der Waals surface area (Å²) in [5, 5.41) is 2.98. The minimum Gasteiger partial charge on any atom is -0.493 e. The molecule has 1 unspecified atom stereocenters. The van der Waals surface area contributed by atoms with Gasteiger partial charge in [0.1, 0.15) is 11.9 Å². The number of benzene rings is 1. The van der Waals surface area contributed by atoms with E-state index < -0.39 is 0 Å². The molecular weight excluding hydrogens is 306 g/mol. The molecule has 1 aromatic heterocycles. The average molecular weight is 329 g/mol. The SMILES string of the molecule is COc1cc(C)cc(-c2nccn2C2CCCCNC2=O)c1OC. The lowest BCUT2D eigenvalue weighted by Gasteiger charge is -2.20. The third-order valence-electron chi connectivity index (χ3n) is 4.37. The average Bonchev–Trinajstić information content (AvgIpc) is 2.96.